The van der Waals surface area contributed by atoms with Crippen LogP contribution >= 0.6 is 0 Å². The van der Waals surface area contributed by atoms with E-state index in [2.05, 4.69) is 5.32 Å². The van der Waals surface area contributed by atoms with Crippen molar-refractivity contribution in [2.24, 2.45) is 11.3 Å². The first kappa shape index (κ1) is 23.4. The maximum Gasteiger partial charge on any atom is 0.416 e. The van der Waals surface area contributed by atoms with Gasteiger partial charge in [0.2, 0.25) is 0 Å². The van der Waals surface area contributed by atoms with E-state index in [1.165, 1.54) is 24.3 Å². The van der Waals surface area contributed by atoms with Gasteiger partial charge in [0.15, 0.2) is 0 Å². The van der Waals surface area contributed by atoms with Crippen molar-refractivity contribution in [2.75, 3.05) is 0 Å². The minimum absolute atomic E-state index is 0.00456. The molecule has 2 aromatic carbocycles. The van der Waals surface area contributed by atoms with Crippen molar-refractivity contribution in [3.8, 4) is 0 Å². The Kier molecular flexibility index (Phi) is 5.23. The number of carbonyl (C=O) groups excluding carboxylic acids is 1. The van der Waals surface area contributed by atoms with Crippen LogP contribution in [0.2, 0.25) is 0 Å². The molecule has 184 valence electrons. The van der Waals surface area contributed by atoms with Crippen LogP contribution in [0.15, 0.2) is 48.7 Å². The summed E-state index contributed by atoms with van der Waals surface area (Å²) in [5, 5.41) is 12.6. The number of benzene rings is 2. The Hall–Kier alpha value is -3.36. The first-order valence-electron chi connectivity index (χ1n) is 11.4. The highest BCUT2D eigenvalue weighted by molar-refractivity contribution is 6.06. The Morgan fingerprint density at radius 2 is 1.83 bits per heavy atom. The zero-order valence-electron chi connectivity index (χ0n) is 19.0. The predicted molar refractivity (Wildman–Crippen MR) is 120 cm³/mol. The van der Waals surface area contributed by atoms with Crippen LogP contribution in [0, 0.1) is 17.2 Å². The highest BCUT2D eigenvalue weighted by atomic mass is 19.4. The van der Waals surface area contributed by atoms with Gasteiger partial charge >= 0.3 is 12.1 Å². The molecule has 1 aromatic heterocycles. The van der Waals surface area contributed by atoms with Crippen LogP contribution in [0.5, 0.6) is 0 Å². The fraction of sp³-hybridized carbons (Fsp3) is 0.385. The van der Waals surface area contributed by atoms with Crippen LogP contribution in [-0.2, 0) is 17.5 Å². The van der Waals surface area contributed by atoms with E-state index >= 15 is 0 Å². The van der Waals surface area contributed by atoms with Crippen molar-refractivity contribution in [1.82, 2.24) is 9.88 Å². The third-order valence-corrected chi connectivity index (χ3v) is 8.10. The smallest absolute Gasteiger partial charge is 0.416 e. The summed E-state index contributed by atoms with van der Waals surface area (Å²) in [7, 11) is 0. The van der Waals surface area contributed by atoms with Gasteiger partial charge in [-0.15, -0.1) is 0 Å². The summed E-state index contributed by atoms with van der Waals surface area (Å²) in [4.78, 5) is 24.7. The van der Waals surface area contributed by atoms with E-state index in [1.54, 1.807) is 16.8 Å². The van der Waals surface area contributed by atoms with E-state index in [1.807, 2.05) is 6.92 Å². The molecule has 6 rings (SSSR count). The second kappa shape index (κ2) is 7.83. The number of alkyl halides is 3. The lowest BCUT2D eigenvalue weighted by atomic mass is 9.55. The zero-order chi connectivity index (χ0) is 25.2. The number of halogens is 4. The molecule has 3 saturated carbocycles. The van der Waals surface area contributed by atoms with Gasteiger partial charge in [0.1, 0.15) is 5.82 Å². The number of hydrogen-bond donors (Lipinski definition) is 2. The van der Waals surface area contributed by atoms with Crippen LogP contribution in [-0.4, -0.2) is 27.1 Å². The third kappa shape index (κ3) is 3.77. The second-order valence-corrected chi connectivity index (χ2v) is 9.94. The highest BCUT2D eigenvalue weighted by Gasteiger charge is 2.67. The molecule has 9 heteroatoms. The molecule has 1 heterocycles. The number of nitrogens with one attached hydrogen (secondary N) is 1. The van der Waals surface area contributed by atoms with Crippen LogP contribution in [0.25, 0.3) is 10.9 Å². The topological polar surface area (TPSA) is 71.3 Å². The molecular formula is C26H24F4N2O3. The molecule has 3 atom stereocenters. The lowest BCUT2D eigenvalue weighted by molar-refractivity contribution is -0.143. The molecule has 0 radical (unpaired) electrons. The lowest BCUT2D eigenvalue weighted by Gasteiger charge is -2.54. The van der Waals surface area contributed by atoms with Crippen molar-refractivity contribution >= 4 is 22.8 Å². The van der Waals surface area contributed by atoms with Crippen molar-refractivity contribution in [3.05, 3.63) is 71.2 Å². The van der Waals surface area contributed by atoms with Crippen molar-refractivity contribution in [1.29, 1.82) is 0 Å². The molecule has 3 aromatic rings. The number of carbonyl (C=O) groups is 2. The first-order chi connectivity index (χ1) is 16.4. The summed E-state index contributed by atoms with van der Waals surface area (Å²) >= 11 is 0. The fourth-order valence-corrected chi connectivity index (χ4v) is 6.19. The first-order valence-corrected chi connectivity index (χ1v) is 11.4. The molecule has 3 aliphatic carbocycles. The summed E-state index contributed by atoms with van der Waals surface area (Å²) in [6.45, 7) is 2.13. The molecule has 5 nitrogen and oxygen atoms in total. The second-order valence-electron chi connectivity index (χ2n) is 9.94. The summed E-state index contributed by atoms with van der Waals surface area (Å²) < 4.78 is 54.9. The molecule has 2 unspecified atom stereocenters. The number of amides is 1. The van der Waals surface area contributed by atoms with E-state index in [0.29, 0.717) is 23.9 Å². The summed E-state index contributed by atoms with van der Waals surface area (Å²) in [5.74, 6) is -1.72. The molecular weight excluding hydrogens is 464 g/mol. The predicted octanol–water partition coefficient (Wildman–Crippen LogP) is 5.61. The number of fused-ring (bicyclic) bond motifs is 2. The minimum Gasteiger partial charge on any atom is -0.481 e. The van der Waals surface area contributed by atoms with Crippen molar-refractivity contribution in [3.63, 3.8) is 0 Å². The zero-order valence-corrected chi connectivity index (χ0v) is 19.0. The van der Waals surface area contributed by atoms with Gasteiger partial charge in [-0.1, -0.05) is 19.1 Å². The van der Waals surface area contributed by atoms with Crippen molar-refractivity contribution in [2.45, 2.75) is 50.9 Å². The number of aliphatic carboxylic acids is 1. The van der Waals surface area contributed by atoms with Gasteiger partial charge in [0.05, 0.1) is 23.1 Å². The molecule has 1 amide bonds. The Bertz CT molecular complexity index is 1330. The summed E-state index contributed by atoms with van der Waals surface area (Å²) in [6, 6.07) is 8.90. The Balaban J connectivity index is 1.43. The van der Waals surface area contributed by atoms with E-state index in [-0.39, 0.29) is 41.2 Å². The molecule has 3 fully saturated rings. The number of aromatic nitrogens is 1. The van der Waals surface area contributed by atoms with Crippen LogP contribution in [0.4, 0.5) is 17.6 Å². The van der Waals surface area contributed by atoms with E-state index in [4.69, 9.17) is 0 Å². The minimum atomic E-state index is -4.44. The van der Waals surface area contributed by atoms with Gasteiger partial charge in [-0.3, -0.25) is 9.59 Å². The maximum absolute atomic E-state index is 14.6. The number of carboxylic acid groups (broad SMARTS) is 1. The Labute approximate surface area is 198 Å². The van der Waals surface area contributed by atoms with Crippen molar-refractivity contribution < 1.29 is 32.3 Å². The molecule has 35 heavy (non-hydrogen) atoms. The third-order valence-electron chi connectivity index (χ3n) is 8.10. The monoisotopic (exact) mass is 488 g/mol. The highest BCUT2D eigenvalue weighted by Crippen LogP contribution is 2.67. The van der Waals surface area contributed by atoms with Crippen LogP contribution in [0.1, 0.15) is 54.1 Å². The van der Waals surface area contributed by atoms with E-state index in [9.17, 15) is 32.3 Å². The summed E-state index contributed by atoms with van der Waals surface area (Å²) in [5.41, 5.74) is -0.346. The summed E-state index contributed by atoms with van der Waals surface area (Å²) in [6.07, 6.45) is -0.750. The van der Waals surface area contributed by atoms with Gasteiger partial charge in [0.25, 0.3) is 5.91 Å². The van der Waals surface area contributed by atoms with Gasteiger partial charge in [0, 0.05) is 23.7 Å². The lowest BCUT2D eigenvalue weighted by Crippen LogP contribution is -2.62. The normalized spacial score (nSPS) is 25.5. The van der Waals surface area contributed by atoms with Gasteiger partial charge < -0.3 is 15.0 Å². The quantitative estimate of drug-likeness (QED) is 0.443. The number of nitrogens with zero attached hydrogens (tertiary/aromatic N) is 1. The molecule has 3 aliphatic rings. The SMILES string of the molecule is C[C@H]1C2(CC(=O)O)CCC1(NC(=O)c1ccc(F)c3ccn(Cc4ccc(C(F)(F)F)cc4)c13)C2. The van der Waals surface area contributed by atoms with Gasteiger partial charge in [-0.25, -0.2) is 4.39 Å². The van der Waals surface area contributed by atoms with Crippen LogP contribution < -0.4 is 5.32 Å². The molecule has 0 spiro atoms. The largest absolute Gasteiger partial charge is 0.481 e. The number of hydrogen-bond acceptors (Lipinski definition) is 2. The maximum atomic E-state index is 14.6. The Morgan fingerprint density at radius 3 is 2.46 bits per heavy atom. The number of carboxylic acids is 1. The van der Waals surface area contributed by atoms with Gasteiger partial charge in [-0.2, -0.15) is 13.2 Å². The average molecular weight is 488 g/mol. The fourth-order valence-electron chi connectivity index (χ4n) is 6.19. The molecule has 2 N–H and O–H groups in total. The van der Waals surface area contributed by atoms with Crippen LogP contribution in [0.3, 0.4) is 0 Å². The standard InChI is InChI=1S/C26H24F4N2O3/c1-15-24(12-21(33)34)9-10-25(15,14-24)31-23(35)19-6-7-20(27)18-8-11-32(22(18)19)13-16-2-4-17(5-3-16)26(28,29)30/h2-8,11,15H,9-10,12-14H2,1H3,(H,31,35)(H,33,34)/t15-,24?,25?/m0/s1. The molecule has 0 saturated heterocycles. The average Bonchev–Trinajstić information content (AvgIpc) is 3.44. The van der Waals surface area contributed by atoms with Gasteiger partial charge in [-0.05, 0) is 66.5 Å². The number of rotatable bonds is 6. The molecule has 0 aliphatic heterocycles. The Morgan fingerprint density at radius 1 is 1.11 bits per heavy atom. The van der Waals surface area contributed by atoms with E-state index < -0.39 is 29.1 Å². The molecule has 2 bridgehead atoms. The van der Waals surface area contributed by atoms with E-state index in [0.717, 1.165) is 18.6 Å².